The summed E-state index contributed by atoms with van der Waals surface area (Å²) in [5, 5.41) is 4.33. The van der Waals surface area contributed by atoms with Crippen LogP contribution in [0.1, 0.15) is 51.9 Å². The van der Waals surface area contributed by atoms with Crippen LogP contribution in [0, 0.1) is 0 Å². The molecule has 0 spiro atoms. The predicted molar refractivity (Wildman–Crippen MR) is 89.2 cm³/mol. The lowest BCUT2D eigenvalue weighted by atomic mass is 9.77. The van der Waals surface area contributed by atoms with E-state index in [1.165, 1.54) is 24.2 Å². The van der Waals surface area contributed by atoms with E-state index in [2.05, 4.69) is 36.7 Å². The molecule has 0 amide bonds. The molecule has 3 rings (SSSR count). The zero-order valence-electron chi connectivity index (χ0n) is 13.1. The summed E-state index contributed by atoms with van der Waals surface area (Å²) in [5.41, 5.74) is 2.36. The lowest BCUT2D eigenvalue weighted by molar-refractivity contribution is 0.276. The number of hydrogen-bond donors (Lipinski definition) is 1. The fraction of sp³-hybridized carbons (Fsp3) is 0.588. The van der Waals surface area contributed by atoms with Crippen LogP contribution in [0.15, 0.2) is 18.2 Å². The van der Waals surface area contributed by atoms with Gasteiger partial charge in [0.25, 0.3) is 0 Å². The van der Waals surface area contributed by atoms with Crippen LogP contribution in [-0.2, 0) is 5.41 Å². The van der Waals surface area contributed by atoms with Crippen molar-refractivity contribution in [3.8, 4) is 0 Å². The molecule has 0 bridgehead atoms. The molecule has 3 nitrogen and oxygen atoms in total. The van der Waals surface area contributed by atoms with Crippen LogP contribution in [-0.4, -0.2) is 22.6 Å². The normalized spacial score (nSPS) is 23.1. The Morgan fingerprint density at radius 1 is 1.43 bits per heavy atom. The van der Waals surface area contributed by atoms with Crippen molar-refractivity contribution in [1.29, 1.82) is 0 Å². The lowest BCUT2D eigenvalue weighted by Gasteiger charge is -2.37. The molecule has 21 heavy (non-hydrogen) atoms. The van der Waals surface area contributed by atoms with E-state index in [9.17, 15) is 0 Å². The summed E-state index contributed by atoms with van der Waals surface area (Å²) in [7, 11) is 0. The number of nitrogens with one attached hydrogen (secondary N) is 1. The van der Waals surface area contributed by atoms with E-state index in [4.69, 9.17) is 16.6 Å². The average Bonchev–Trinajstić information content (AvgIpc) is 2.87. The molecule has 1 saturated heterocycles. The summed E-state index contributed by atoms with van der Waals surface area (Å²) in [6, 6.07) is 6.45. The van der Waals surface area contributed by atoms with Gasteiger partial charge in [-0.15, -0.1) is 0 Å². The largest absolute Gasteiger partial charge is 0.325 e. The van der Waals surface area contributed by atoms with Gasteiger partial charge in [0.2, 0.25) is 0 Å². The van der Waals surface area contributed by atoms with Crippen molar-refractivity contribution < 1.29 is 0 Å². The van der Waals surface area contributed by atoms with Crippen molar-refractivity contribution in [2.75, 3.05) is 13.1 Å². The quantitative estimate of drug-likeness (QED) is 0.916. The Kier molecular flexibility index (Phi) is 3.98. The van der Waals surface area contributed by atoms with Crippen LogP contribution in [0.3, 0.4) is 0 Å². The number of halogens is 1. The second-order valence-electron chi connectivity index (χ2n) is 6.45. The van der Waals surface area contributed by atoms with Gasteiger partial charge in [-0.2, -0.15) is 0 Å². The Labute approximate surface area is 131 Å². The Morgan fingerprint density at radius 2 is 2.24 bits per heavy atom. The highest BCUT2D eigenvalue weighted by Crippen LogP contribution is 2.37. The van der Waals surface area contributed by atoms with E-state index in [0.29, 0.717) is 6.04 Å². The van der Waals surface area contributed by atoms with Crippen LogP contribution in [0.4, 0.5) is 0 Å². The monoisotopic (exact) mass is 305 g/mol. The maximum Gasteiger partial charge on any atom is 0.117 e. The molecule has 2 aromatic rings. The van der Waals surface area contributed by atoms with Crippen LogP contribution in [0.2, 0.25) is 5.02 Å². The maximum atomic E-state index is 6.15. The van der Waals surface area contributed by atoms with Gasteiger partial charge in [-0.1, -0.05) is 18.5 Å². The van der Waals surface area contributed by atoms with Crippen LogP contribution < -0.4 is 5.32 Å². The van der Waals surface area contributed by atoms with Gasteiger partial charge in [0.15, 0.2) is 0 Å². The zero-order chi connectivity index (χ0) is 15.0. The molecule has 114 valence electrons. The minimum atomic E-state index is 0.147. The average molecular weight is 306 g/mol. The molecule has 4 heteroatoms. The number of nitrogens with zero attached hydrogens (tertiary/aromatic N) is 2. The third-order valence-corrected chi connectivity index (χ3v) is 5.03. The van der Waals surface area contributed by atoms with Crippen molar-refractivity contribution in [2.45, 2.75) is 51.5 Å². The highest BCUT2D eigenvalue weighted by Gasteiger charge is 2.37. The lowest BCUT2D eigenvalue weighted by Crippen LogP contribution is -2.44. The van der Waals surface area contributed by atoms with Crippen molar-refractivity contribution in [1.82, 2.24) is 14.9 Å². The molecule has 0 saturated carbocycles. The Balaban J connectivity index is 2.22. The highest BCUT2D eigenvalue weighted by molar-refractivity contribution is 6.31. The fourth-order valence-electron chi connectivity index (χ4n) is 3.59. The third-order valence-electron chi connectivity index (χ3n) is 4.79. The van der Waals surface area contributed by atoms with E-state index >= 15 is 0 Å². The molecule has 1 fully saturated rings. The molecular formula is C17H24ClN3. The fourth-order valence-corrected chi connectivity index (χ4v) is 3.75. The molecular weight excluding hydrogens is 282 g/mol. The van der Waals surface area contributed by atoms with Crippen molar-refractivity contribution >= 4 is 22.6 Å². The molecule has 1 aromatic heterocycles. The number of hydrogen-bond acceptors (Lipinski definition) is 2. The Morgan fingerprint density at radius 3 is 2.86 bits per heavy atom. The smallest absolute Gasteiger partial charge is 0.117 e. The number of piperidine rings is 1. The van der Waals surface area contributed by atoms with Gasteiger partial charge in [-0.3, -0.25) is 0 Å². The second-order valence-corrected chi connectivity index (χ2v) is 6.88. The molecule has 0 aliphatic carbocycles. The van der Waals surface area contributed by atoms with Gasteiger partial charge < -0.3 is 9.88 Å². The SMILES string of the molecule is CCC1(c2nc3cc(Cl)ccc3n2C(C)C)CCCNC1. The standard InChI is InChI=1S/C17H24ClN3/c1-4-17(8-5-9-19-11-17)16-20-14-10-13(18)6-7-15(14)21(16)12(2)3/h6-7,10,12,19H,4-5,8-9,11H2,1-3H3. The van der Waals surface area contributed by atoms with Gasteiger partial charge in [-0.25, -0.2) is 4.98 Å². The van der Waals surface area contributed by atoms with Gasteiger partial charge in [0.1, 0.15) is 5.82 Å². The number of fused-ring (bicyclic) bond motifs is 1. The molecule has 2 heterocycles. The number of benzene rings is 1. The van der Waals surface area contributed by atoms with Crippen LogP contribution in [0.5, 0.6) is 0 Å². The molecule has 0 radical (unpaired) electrons. The Hall–Kier alpha value is -1.06. The highest BCUT2D eigenvalue weighted by atomic mass is 35.5. The van der Waals surface area contributed by atoms with Crippen molar-refractivity contribution in [2.24, 2.45) is 0 Å². The zero-order valence-corrected chi connectivity index (χ0v) is 13.9. The third kappa shape index (κ3) is 2.47. The Bertz CT molecular complexity index is 639. The first-order valence-corrected chi connectivity index (χ1v) is 8.34. The number of aromatic nitrogens is 2. The maximum absolute atomic E-state index is 6.15. The topological polar surface area (TPSA) is 29.9 Å². The minimum absolute atomic E-state index is 0.147. The van der Waals surface area contributed by atoms with E-state index in [0.717, 1.165) is 30.0 Å². The second kappa shape index (κ2) is 5.62. The summed E-state index contributed by atoms with van der Waals surface area (Å²) >= 11 is 6.15. The summed E-state index contributed by atoms with van der Waals surface area (Å²) in [6.07, 6.45) is 3.54. The molecule has 1 unspecified atom stereocenters. The van der Waals surface area contributed by atoms with Crippen LogP contribution in [0.25, 0.3) is 11.0 Å². The molecule has 1 aliphatic heterocycles. The number of rotatable bonds is 3. The summed E-state index contributed by atoms with van der Waals surface area (Å²) in [5.74, 6) is 1.23. The minimum Gasteiger partial charge on any atom is -0.325 e. The van der Waals surface area contributed by atoms with E-state index in [1.54, 1.807) is 0 Å². The van der Waals surface area contributed by atoms with Gasteiger partial charge in [0, 0.05) is 23.0 Å². The molecule has 1 N–H and O–H groups in total. The first-order valence-electron chi connectivity index (χ1n) is 7.96. The van der Waals surface area contributed by atoms with E-state index in [-0.39, 0.29) is 5.41 Å². The van der Waals surface area contributed by atoms with E-state index in [1.807, 2.05) is 12.1 Å². The predicted octanol–water partition coefficient (Wildman–Crippen LogP) is 4.30. The summed E-state index contributed by atoms with van der Waals surface area (Å²) in [4.78, 5) is 5.00. The molecule has 1 aliphatic rings. The number of imidazole rings is 1. The van der Waals surface area contributed by atoms with Crippen molar-refractivity contribution in [3.63, 3.8) is 0 Å². The van der Waals surface area contributed by atoms with Gasteiger partial charge >= 0.3 is 0 Å². The summed E-state index contributed by atoms with van der Waals surface area (Å²) < 4.78 is 2.40. The van der Waals surface area contributed by atoms with Crippen molar-refractivity contribution in [3.05, 3.63) is 29.0 Å². The first kappa shape index (κ1) is 14.9. The molecule has 1 atom stereocenters. The van der Waals surface area contributed by atoms with E-state index < -0.39 is 0 Å². The van der Waals surface area contributed by atoms with Crippen LogP contribution >= 0.6 is 11.6 Å². The molecule has 1 aromatic carbocycles. The van der Waals surface area contributed by atoms with Gasteiger partial charge in [0.05, 0.1) is 11.0 Å². The summed E-state index contributed by atoms with van der Waals surface area (Å²) in [6.45, 7) is 8.89. The van der Waals surface area contributed by atoms with Gasteiger partial charge in [-0.05, 0) is 57.9 Å². The first-order chi connectivity index (χ1) is 10.1.